The number of nitrogens with zero attached hydrogens (tertiary/aromatic N) is 1. The molecule has 26 heavy (non-hydrogen) atoms. The number of carboxylic acids is 1. The maximum atomic E-state index is 12.0. The van der Waals surface area contributed by atoms with Crippen LogP contribution in [0.5, 0.6) is 0 Å². The summed E-state index contributed by atoms with van der Waals surface area (Å²) in [4.78, 5) is 19.8. The number of aliphatic hydroxyl groups is 1. The van der Waals surface area contributed by atoms with Crippen molar-refractivity contribution in [2.24, 2.45) is 5.92 Å². The normalized spacial score (nSPS) is 14.7. The van der Waals surface area contributed by atoms with E-state index in [2.05, 4.69) is 9.97 Å². The van der Waals surface area contributed by atoms with Gasteiger partial charge in [-0.15, -0.1) is 0 Å². The first kappa shape index (κ1) is 18.1. The highest BCUT2D eigenvalue weighted by atomic mass is 32.1. The zero-order chi connectivity index (χ0) is 18.7. The lowest BCUT2D eigenvalue weighted by Gasteiger charge is -2.35. The molecule has 0 bridgehead atoms. The molecule has 0 aliphatic heterocycles. The predicted octanol–water partition coefficient (Wildman–Crippen LogP) is 4.04. The first-order valence-corrected chi connectivity index (χ1v) is 8.85. The summed E-state index contributed by atoms with van der Waals surface area (Å²) < 4.78 is 0. The molecule has 3 rings (SSSR count). The third-order valence-electron chi connectivity index (χ3n) is 4.82. The summed E-state index contributed by atoms with van der Waals surface area (Å²) >= 11 is 5.21. The molecule has 2 aromatic carbocycles. The van der Waals surface area contributed by atoms with Crippen LogP contribution < -0.4 is 0 Å². The van der Waals surface area contributed by atoms with Crippen molar-refractivity contribution in [1.29, 1.82) is 0 Å². The van der Waals surface area contributed by atoms with Crippen LogP contribution in [0.4, 0.5) is 0 Å². The van der Waals surface area contributed by atoms with E-state index in [1.54, 1.807) is 6.92 Å². The van der Waals surface area contributed by atoms with Crippen LogP contribution in [-0.4, -0.2) is 31.2 Å². The number of benzene rings is 2. The van der Waals surface area contributed by atoms with Crippen molar-refractivity contribution in [1.82, 2.24) is 9.97 Å². The second-order valence-electron chi connectivity index (χ2n) is 6.34. The van der Waals surface area contributed by atoms with Crippen molar-refractivity contribution in [2.45, 2.75) is 25.2 Å². The number of fused-ring (bicyclic) bond motifs is 1. The van der Waals surface area contributed by atoms with Gasteiger partial charge in [-0.2, -0.15) is 0 Å². The molecule has 6 heteroatoms. The number of thiocarbonyl (C=S) groups is 1. The van der Waals surface area contributed by atoms with Crippen LogP contribution in [-0.2, 0) is 16.6 Å². The Bertz CT molecular complexity index is 905. The van der Waals surface area contributed by atoms with E-state index in [1.165, 1.54) is 0 Å². The lowest BCUT2D eigenvalue weighted by molar-refractivity contribution is -0.143. The van der Waals surface area contributed by atoms with Gasteiger partial charge in [-0.3, -0.25) is 4.79 Å². The van der Waals surface area contributed by atoms with Gasteiger partial charge in [0.15, 0.2) is 5.05 Å². The molecule has 0 aliphatic rings. The largest absolute Gasteiger partial charge is 0.501 e. The number of aromatic nitrogens is 2. The van der Waals surface area contributed by atoms with E-state index in [-0.39, 0.29) is 11.5 Å². The minimum absolute atomic E-state index is 0.244. The number of imidazole rings is 1. The van der Waals surface area contributed by atoms with Crippen molar-refractivity contribution in [2.75, 3.05) is 0 Å². The topological polar surface area (TPSA) is 86.2 Å². The van der Waals surface area contributed by atoms with Crippen LogP contribution in [0.3, 0.4) is 0 Å². The van der Waals surface area contributed by atoms with Crippen LogP contribution >= 0.6 is 12.2 Å². The number of nitrogens with one attached hydrogen (secondary N) is 1. The lowest BCUT2D eigenvalue weighted by Crippen LogP contribution is -2.48. The van der Waals surface area contributed by atoms with E-state index in [0.717, 1.165) is 11.1 Å². The summed E-state index contributed by atoms with van der Waals surface area (Å²) in [6.45, 7) is 1.78. The fourth-order valence-electron chi connectivity index (χ4n) is 3.51. The average molecular weight is 368 g/mol. The highest BCUT2D eigenvalue weighted by molar-refractivity contribution is 7.80. The van der Waals surface area contributed by atoms with Gasteiger partial charge in [0.2, 0.25) is 0 Å². The van der Waals surface area contributed by atoms with E-state index >= 15 is 0 Å². The average Bonchev–Trinajstić information content (AvgIpc) is 3.06. The van der Waals surface area contributed by atoms with Crippen molar-refractivity contribution < 1.29 is 15.0 Å². The molecule has 0 aliphatic carbocycles. The Labute approximate surface area is 156 Å². The zero-order valence-corrected chi connectivity index (χ0v) is 15.2. The van der Waals surface area contributed by atoms with Crippen LogP contribution in [0, 0.1) is 5.92 Å². The molecule has 0 radical (unpaired) electrons. The van der Waals surface area contributed by atoms with E-state index < -0.39 is 17.3 Å². The Hall–Kier alpha value is -2.73. The molecule has 1 aromatic heterocycles. The van der Waals surface area contributed by atoms with Crippen molar-refractivity contribution in [3.8, 4) is 0 Å². The Morgan fingerprint density at radius 3 is 2.38 bits per heavy atom. The van der Waals surface area contributed by atoms with Crippen LogP contribution in [0.1, 0.15) is 24.7 Å². The van der Waals surface area contributed by atoms with Crippen molar-refractivity contribution >= 4 is 34.3 Å². The minimum atomic E-state index is -1.32. The fraction of sp³-hybridized carbons (Fsp3) is 0.250. The number of hydrogen-bond donors (Lipinski definition) is 3. The molecule has 0 amide bonds. The second-order valence-corrected chi connectivity index (χ2v) is 6.73. The molecular weight excluding hydrogens is 348 g/mol. The van der Waals surface area contributed by atoms with Gasteiger partial charge in [-0.05, 0) is 42.8 Å². The van der Waals surface area contributed by atoms with Crippen molar-refractivity contribution in [3.63, 3.8) is 0 Å². The standard InChI is InChI=1S/C20H20N2O3S/c1-2-14(17(23)24)20(19(25)26,12-13-8-4-3-5-9-13)18-21-15-10-6-7-11-16(15)22-18/h3-11,14H,2,12H2,1H3,(H,21,22)(H,23,24)(H,25,26). The zero-order valence-electron chi connectivity index (χ0n) is 14.3. The van der Waals surface area contributed by atoms with Gasteiger partial charge in [-0.1, -0.05) is 49.4 Å². The summed E-state index contributed by atoms with van der Waals surface area (Å²) in [6.07, 6.45) is 0.549. The summed E-state index contributed by atoms with van der Waals surface area (Å²) in [6, 6.07) is 16.9. The molecule has 2 atom stereocenters. The fourth-order valence-corrected chi connectivity index (χ4v) is 3.82. The number of carbonyl (C=O) groups is 1. The number of aromatic amines is 1. The molecule has 134 valence electrons. The molecule has 0 saturated carbocycles. The third-order valence-corrected chi connectivity index (χ3v) is 5.18. The number of rotatable bonds is 7. The van der Waals surface area contributed by atoms with Crippen LogP contribution in [0.2, 0.25) is 0 Å². The molecule has 3 N–H and O–H groups in total. The molecule has 0 fully saturated rings. The molecule has 5 nitrogen and oxygen atoms in total. The summed E-state index contributed by atoms with van der Waals surface area (Å²) in [7, 11) is 0. The second kappa shape index (κ2) is 7.25. The predicted molar refractivity (Wildman–Crippen MR) is 105 cm³/mol. The molecule has 1 heterocycles. The van der Waals surface area contributed by atoms with Gasteiger partial charge in [0.05, 0.1) is 17.0 Å². The molecule has 0 saturated heterocycles. The number of aliphatic carboxylic acids is 1. The van der Waals surface area contributed by atoms with Gasteiger partial charge in [0.25, 0.3) is 0 Å². The van der Waals surface area contributed by atoms with Gasteiger partial charge < -0.3 is 15.2 Å². The summed E-state index contributed by atoms with van der Waals surface area (Å²) in [5.41, 5.74) is 1.04. The number of aliphatic hydroxyl groups excluding tert-OH is 1. The quantitative estimate of drug-likeness (QED) is 0.548. The summed E-state index contributed by atoms with van der Waals surface area (Å²) in [5.74, 6) is -1.55. The highest BCUT2D eigenvalue weighted by Gasteiger charge is 2.50. The molecule has 2 unspecified atom stereocenters. The van der Waals surface area contributed by atoms with Gasteiger partial charge in [0.1, 0.15) is 11.2 Å². The van der Waals surface area contributed by atoms with E-state index in [0.29, 0.717) is 17.8 Å². The first-order valence-electron chi connectivity index (χ1n) is 8.44. The smallest absolute Gasteiger partial charge is 0.308 e. The van der Waals surface area contributed by atoms with Gasteiger partial charge in [0, 0.05) is 0 Å². The Morgan fingerprint density at radius 2 is 1.81 bits per heavy atom. The Kier molecular flexibility index (Phi) is 5.04. The van der Waals surface area contributed by atoms with E-state index in [1.807, 2.05) is 54.6 Å². The van der Waals surface area contributed by atoms with Crippen LogP contribution in [0.15, 0.2) is 54.6 Å². The Morgan fingerprint density at radius 1 is 1.15 bits per heavy atom. The van der Waals surface area contributed by atoms with Crippen LogP contribution in [0.25, 0.3) is 11.0 Å². The van der Waals surface area contributed by atoms with E-state index in [9.17, 15) is 15.0 Å². The highest BCUT2D eigenvalue weighted by Crippen LogP contribution is 2.39. The maximum Gasteiger partial charge on any atom is 0.308 e. The Balaban J connectivity index is 2.24. The summed E-state index contributed by atoms with van der Waals surface area (Å²) in [5, 5.41) is 20.1. The number of H-pyrrole nitrogens is 1. The molecular formula is C20H20N2O3S. The SMILES string of the molecule is CCC(C(=O)O)C(Cc1ccccc1)(C(O)=S)c1nc2ccccc2[nH]1. The lowest BCUT2D eigenvalue weighted by atomic mass is 9.69. The molecule has 3 aromatic rings. The maximum absolute atomic E-state index is 12.0. The van der Waals surface area contributed by atoms with Gasteiger partial charge >= 0.3 is 5.97 Å². The first-order chi connectivity index (χ1) is 12.5. The molecule has 0 spiro atoms. The monoisotopic (exact) mass is 368 g/mol. The van der Waals surface area contributed by atoms with E-state index in [4.69, 9.17) is 12.2 Å². The van der Waals surface area contributed by atoms with Gasteiger partial charge in [-0.25, -0.2) is 4.98 Å². The number of carboxylic acid groups (broad SMARTS) is 1. The minimum Gasteiger partial charge on any atom is -0.501 e. The third kappa shape index (κ3) is 3.08. The van der Waals surface area contributed by atoms with Crippen molar-refractivity contribution in [3.05, 3.63) is 66.0 Å². The number of para-hydroxylation sites is 2. The number of hydrogen-bond acceptors (Lipinski definition) is 3.